The summed E-state index contributed by atoms with van der Waals surface area (Å²) in [4.78, 5) is 12.0. The van der Waals surface area contributed by atoms with Gasteiger partial charge in [-0.15, -0.1) is 0 Å². The summed E-state index contributed by atoms with van der Waals surface area (Å²) in [6.45, 7) is 46.1. The quantitative estimate of drug-likeness (QED) is 0.142. The van der Waals surface area contributed by atoms with Gasteiger partial charge in [-0.1, -0.05) is 342 Å². The SMILES string of the molecule is Cc1c2ccccc2c(C)c2ccccc12.Cc1ccc(C)c2cc3ccccc3cc12.Cc1ccc(C)c2ccccc12.Cc1ccc(C)cc1.Cc1ccc(C)nc1.Cc1ccc(C)nn1.Cc1ccc2cc(C)ccc2c1.Cc1ccc2cc3cc(C)ccc3cc2c1.Cc1ccc2ccc(C)cc2c1.Cc1cccc2c(C)cccc12.Cc1cnc(C)nc1. The molecule has 642 valence electrons. The Kier molecular flexibility index (Phi) is 33.7. The second-order valence-electron chi connectivity index (χ2n) is 34.3. The lowest BCUT2D eigenvalue weighted by atomic mass is 9.93. The molecule has 18 aromatic carbocycles. The largest absolute Gasteiger partial charge is 0.261 e. The van der Waals surface area contributed by atoms with E-state index in [9.17, 15) is 0 Å². The summed E-state index contributed by atoms with van der Waals surface area (Å²) >= 11 is 0. The van der Waals surface area contributed by atoms with E-state index < -0.39 is 0 Å². The Morgan fingerprint density at radius 1 is 0.141 bits per heavy atom. The van der Waals surface area contributed by atoms with Gasteiger partial charge in [0.15, 0.2) is 0 Å². The van der Waals surface area contributed by atoms with Crippen LogP contribution in [0.2, 0.25) is 0 Å². The van der Waals surface area contributed by atoms with E-state index in [1.807, 2.05) is 78.3 Å². The molecule has 0 aliphatic rings. The Morgan fingerprint density at radius 2 is 0.383 bits per heavy atom. The second-order valence-corrected chi connectivity index (χ2v) is 34.3. The zero-order valence-corrected chi connectivity index (χ0v) is 79.3. The first-order valence-corrected chi connectivity index (χ1v) is 44.5. The fourth-order valence-corrected chi connectivity index (χ4v) is 15.4. The molecular weight excluding hydrogens is 1550 g/mol. The van der Waals surface area contributed by atoms with Crippen molar-refractivity contribution in [1.82, 2.24) is 25.1 Å². The van der Waals surface area contributed by atoms with E-state index in [0.717, 1.165) is 28.5 Å². The highest BCUT2D eigenvalue weighted by Crippen LogP contribution is 2.33. The minimum Gasteiger partial charge on any atom is -0.261 e. The average Bonchev–Trinajstić information content (AvgIpc) is 0.769. The topological polar surface area (TPSA) is 64.5 Å². The molecule has 21 aromatic rings. The minimum atomic E-state index is 0.829. The van der Waals surface area contributed by atoms with E-state index in [4.69, 9.17) is 0 Å². The van der Waals surface area contributed by atoms with Crippen molar-refractivity contribution in [3.8, 4) is 0 Å². The number of nitrogens with zero attached hydrogens (tertiary/aromatic N) is 5. The third-order valence-electron chi connectivity index (χ3n) is 23.0. The molecule has 0 unspecified atom stereocenters. The maximum atomic E-state index is 4.08. The predicted octanol–water partition coefficient (Wildman–Crippen LogP) is 33.8. The number of pyridine rings is 1. The lowest BCUT2D eigenvalue weighted by Gasteiger charge is -2.11. The zero-order chi connectivity index (χ0) is 91.5. The number of hydrogen-bond acceptors (Lipinski definition) is 5. The van der Waals surface area contributed by atoms with E-state index in [2.05, 4.69) is 457 Å². The van der Waals surface area contributed by atoms with Crippen LogP contribution >= 0.6 is 0 Å². The summed E-state index contributed by atoms with van der Waals surface area (Å²) in [5.74, 6) is 0.829. The van der Waals surface area contributed by atoms with Crippen molar-refractivity contribution in [2.24, 2.45) is 0 Å². The maximum Gasteiger partial charge on any atom is 0.125 e. The monoisotopic (exact) mass is 1670 g/mol. The van der Waals surface area contributed by atoms with Gasteiger partial charge >= 0.3 is 0 Å². The Balaban J connectivity index is 0.000000138. The number of hydrogen-bond donors (Lipinski definition) is 0. The number of rotatable bonds is 0. The Morgan fingerprint density at radius 3 is 0.695 bits per heavy atom. The van der Waals surface area contributed by atoms with Crippen LogP contribution in [0.5, 0.6) is 0 Å². The Labute approximate surface area is 761 Å². The fourth-order valence-electron chi connectivity index (χ4n) is 15.4. The number of aromatic nitrogens is 5. The third kappa shape index (κ3) is 27.0. The van der Waals surface area contributed by atoms with Gasteiger partial charge in [-0.2, -0.15) is 10.2 Å². The summed E-state index contributed by atoms with van der Waals surface area (Å²) < 4.78 is 0. The molecule has 0 bridgehead atoms. The van der Waals surface area contributed by atoms with Crippen LogP contribution in [0.25, 0.3) is 108 Å². The molecule has 0 amide bonds. The molecule has 0 saturated heterocycles. The molecule has 0 saturated carbocycles. The number of benzene rings is 18. The van der Waals surface area contributed by atoms with Gasteiger partial charge in [0.2, 0.25) is 0 Å². The zero-order valence-electron chi connectivity index (χ0n) is 79.3. The molecule has 0 N–H and O–H groups in total. The van der Waals surface area contributed by atoms with Crippen LogP contribution in [0.15, 0.2) is 358 Å². The molecular formula is C123H125N5. The first-order chi connectivity index (χ1) is 61.5. The summed E-state index contributed by atoms with van der Waals surface area (Å²) in [5.41, 5.74) is 26.8. The van der Waals surface area contributed by atoms with Gasteiger partial charge in [0.25, 0.3) is 0 Å². The van der Waals surface area contributed by atoms with E-state index >= 15 is 0 Å². The first kappa shape index (κ1) is 94.5. The summed E-state index contributed by atoms with van der Waals surface area (Å²) in [7, 11) is 0. The van der Waals surface area contributed by atoms with E-state index in [-0.39, 0.29) is 0 Å². The van der Waals surface area contributed by atoms with Crippen molar-refractivity contribution in [2.45, 2.75) is 152 Å². The van der Waals surface area contributed by atoms with E-state index in [1.54, 1.807) is 0 Å². The molecule has 3 aromatic heterocycles. The van der Waals surface area contributed by atoms with Crippen LogP contribution < -0.4 is 0 Å². The standard InChI is InChI=1S/3C16H14.4C12H12.C8H10.C7H9N.2C6H8N2/c1-11-3-5-13-10-16-8-12(2)4-6-14(16)9-15(13)7-11;1-11-13-7-3-5-9-15(13)12(2)16-10-6-4-8-14(11)16;1-11-7-8-12(2)16-10-14-6-4-3-5-13(14)9-15(11)16;1-9-3-5-12-8-10(2)4-6-11(12)7-9;1-9-3-5-11-6-4-10(2)8-12(11)7-9;1-9-5-3-8-12-10(2)6-4-7-11(9)12;1-9-7-8-10(2)12-6-4-3-5-11(9)12;1-7-3-5-8(2)6-4-7;1-6-3-4-7(2)8-5-6;1-5-3-7-6(2)8-4-5;1-5-3-4-6(2)8-7-5/h3*3-10H,1-2H3;4*3-8H,1-2H3;3-6H,1-2H3;3-5H,1-2H3;2*3-4H,1-2H3. The highest BCUT2D eigenvalue weighted by atomic mass is 15.1. The molecule has 0 atom stereocenters. The highest BCUT2D eigenvalue weighted by molar-refractivity contribution is 6.06. The van der Waals surface area contributed by atoms with Crippen LogP contribution in [0.4, 0.5) is 0 Å². The summed E-state index contributed by atoms with van der Waals surface area (Å²) in [5, 5.41) is 34.7. The minimum absolute atomic E-state index is 0.829. The molecule has 0 spiro atoms. The Bertz CT molecular complexity index is 6590. The van der Waals surface area contributed by atoms with Gasteiger partial charge in [0.05, 0.1) is 11.4 Å². The number of fused-ring (bicyclic) bond motifs is 10. The van der Waals surface area contributed by atoms with Crippen LogP contribution in [-0.2, 0) is 0 Å². The van der Waals surface area contributed by atoms with Gasteiger partial charge < -0.3 is 0 Å². The smallest absolute Gasteiger partial charge is 0.125 e. The number of aryl methyl sites for hydroxylation is 22. The molecule has 3 heterocycles. The van der Waals surface area contributed by atoms with E-state index in [0.29, 0.717) is 0 Å². The summed E-state index contributed by atoms with van der Waals surface area (Å²) in [6, 6.07) is 121. The van der Waals surface area contributed by atoms with Gasteiger partial charge in [0.1, 0.15) is 5.82 Å². The van der Waals surface area contributed by atoms with E-state index in [1.165, 1.54) is 202 Å². The predicted molar refractivity (Wildman–Crippen MR) is 559 cm³/mol. The summed E-state index contributed by atoms with van der Waals surface area (Å²) in [6.07, 6.45) is 5.49. The maximum absolute atomic E-state index is 4.08. The van der Waals surface area contributed by atoms with Crippen LogP contribution in [0.1, 0.15) is 123 Å². The molecule has 0 radical (unpaired) electrons. The second kappa shape index (κ2) is 45.7. The lowest BCUT2D eigenvalue weighted by molar-refractivity contribution is 0.941. The van der Waals surface area contributed by atoms with Crippen molar-refractivity contribution in [2.75, 3.05) is 0 Å². The van der Waals surface area contributed by atoms with Crippen molar-refractivity contribution < 1.29 is 0 Å². The molecule has 128 heavy (non-hydrogen) atoms. The van der Waals surface area contributed by atoms with Gasteiger partial charge in [-0.3, -0.25) is 4.98 Å². The molecule has 0 fully saturated rings. The first-order valence-electron chi connectivity index (χ1n) is 44.5. The van der Waals surface area contributed by atoms with Gasteiger partial charge in [-0.25, -0.2) is 9.97 Å². The normalized spacial score (nSPS) is 10.4. The van der Waals surface area contributed by atoms with Gasteiger partial charge in [0, 0.05) is 24.3 Å². The van der Waals surface area contributed by atoms with Crippen molar-refractivity contribution >= 4 is 108 Å². The van der Waals surface area contributed by atoms with Crippen molar-refractivity contribution in [3.63, 3.8) is 0 Å². The van der Waals surface area contributed by atoms with Crippen molar-refractivity contribution in [3.05, 3.63) is 481 Å². The fraction of sp³-hybridized carbons (Fsp3) is 0.179. The molecule has 5 heteroatoms. The van der Waals surface area contributed by atoms with Crippen molar-refractivity contribution in [1.29, 1.82) is 0 Å². The van der Waals surface area contributed by atoms with Gasteiger partial charge in [-0.05, 0) is 358 Å². The van der Waals surface area contributed by atoms with Crippen LogP contribution in [-0.4, -0.2) is 25.1 Å². The van der Waals surface area contributed by atoms with Crippen LogP contribution in [0.3, 0.4) is 0 Å². The molecule has 21 rings (SSSR count). The average molecular weight is 1670 g/mol. The third-order valence-corrected chi connectivity index (χ3v) is 23.0. The molecule has 0 aliphatic heterocycles. The molecule has 5 nitrogen and oxygen atoms in total. The highest BCUT2D eigenvalue weighted by Gasteiger charge is 2.09. The molecule has 0 aliphatic carbocycles. The Hall–Kier alpha value is -14.1. The van der Waals surface area contributed by atoms with Crippen LogP contribution in [0, 0.1) is 152 Å². The lowest BCUT2D eigenvalue weighted by Crippen LogP contribution is -1.87.